The van der Waals surface area contributed by atoms with Crippen LogP contribution in [0.3, 0.4) is 0 Å². The van der Waals surface area contributed by atoms with E-state index in [0.29, 0.717) is 0 Å². The van der Waals surface area contributed by atoms with E-state index in [1.165, 1.54) is 11.1 Å². The van der Waals surface area contributed by atoms with Crippen LogP contribution < -0.4 is 10.6 Å². The van der Waals surface area contributed by atoms with Gasteiger partial charge in [0, 0.05) is 19.2 Å². The number of nitrogens with one attached hydrogen (secondary N) is 2. The number of aliphatic hydroxyl groups excluding tert-OH is 1. The smallest absolute Gasteiger partial charge is 0.237 e. The van der Waals surface area contributed by atoms with Crippen LogP contribution in [0.25, 0.3) is 0 Å². The molecular weight excluding hydrogens is 240 g/mol. The molecule has 0 saturated carbocycles. The summed E-state index contributed by atoms with van der Waals surface area (Å²) in [6, 6.07) is 8.00. The summed E-state index contributed by atoms with van der Waals surface area (Å²) in [6.45, 7) is 4.67. The Morgan fingerprint density at radius 3 is 2.79 bits per heavy atom. The number of hydrogen-bond acceptors (Lipinski definition) is 3. The van der Waals surface area contributed by atoms with E-state index in [0.717, 1.165) is 13.0 Å². The third kappa shape index (κ3) is 3.33. The van der Waals surface area contributed by atoms with Gasteiger partial charge in [-0.3, -0.25) is 4.79 Å². The molecule has 19 heavy (non-hydrogen) atoms. The van der Waals surface area contributed by atoms with Crippen LogP contribution in [0.4, 0.5) is 0 Å². The molecule has 104 valence electrons. The molecule has 3 atom stereocenters. The summed E-state index contributed by atoms with van der Waals surface area (Å²) in [5, 5.41) is 15.3. The number of amides is 1. The predicted molar refractivity (Wildman–Crippen MR) is 74.6 cm³/mol. The molecule has 0 bridgehead atoms. The third-order valence-corrected chi connectivity index (χ3v) is 3.91. The lowest BCUT2D eigenvalue weighted by Gasteiger charge is -2.28. The lowest BCUT2D eigenvalue weighted by Crippen LogP contribution is -2.51. The van der Waals surface area contributed by atoms with Gasteiger partial charge in [0.2, 0.25) is 5.91 Å². The summed E-state index contributed by atoms with van der Waals surface area (Å²) in [5.74, 6) is 0.0853. The minimum Gasteiger partial charge on any atom is -0.396 e. The molecule has 2 rings (SSSR count). The van der Waals surface area contributed by atoms with Crippen LogP contribution in [0.2, 0.25) is 0 Å². The Morgan fingerprint density at radius 2 is 2.11 bits per heavy atom. The van der Waals surface area contributed by atoms with Gasteiger partial charge >= 0.3 is 0 Å². The zero-order valence-electron chi connectivity index (χ0n) is 11.5. The van der Waals surface area contributed by atoms with Crippen LogP contribution in [0.15, 0.2) is 24.3 Å². The van der Waals surface area contributed by atoms with Crippen LogP contribution in [-0.2, 0) is 17.8 Å². The first-order valence-corrected chi connectivity index (χ1v) is 6.83. The molecule has 1 aromatic carbocycles. The largest absolute Gasteiger partial charge is 0.396 e. The van der Waals surface area contributed by atoms with Crippen molar-refractivity contribution in [2.75, 3.05) is 6.61 Å². The van der Waals surface area contributed by atoms with Crippen molar-refractivity contribution in [2.24, 2.45) is 5.92 Å². The van der Waals surface area contributed by atoms with Gasteiger partial charge in [-0.25, -0.2) is 0 Å². The molecule has 3 N–H and O–H groups in total. The fourth-order valence-corrected chi connectivity index (χ4v) is 2.27. The van der Waals surface area contributed by atoms with E-state index in [9.17, 15) is 4.79 Å². The second kappa shape index (κ2) is 6.17. The SMILES string of the molecule is CC(CO)C(C)NC(=O)[C@H]1Cc2ccccc2CN1. The van der Waals surface area contributed by atoms with Gasteiger partial charge in [-0.1, -0.05) is 31.2 Å². The molecule has 0 fully saturated rings. The van der Waals surface area contributed by atoms with Crippen molar-refractivity contribution in [1.29, 1.82) is 0 Å². The van der Waals surface area contributed by atoms with Gasteiger partial charge in [0.25, 0.3) is 0 Å². The molecule has 0 spiro atoms. The normalized spacial score (nSPS) is 21.3. The van der Waals surface area contributed by atoms with E-state index in [1.807, 2.05) is 26.0 Å². The molecule has 0 radical (unpaired) electrons. The van der Waals surface area contributed by atoms with Crippen molar-refractivity contribution in [3.63, 3.8) is 0 Å². The fraction of sp³-hybridized carbons (Fsp3) is 0.533. The fourth-order valence-electron chi connectivity index (χ4n) is 2.27. The van der Waals surface area contributed by atoms with E-state index in [2.05, 4.69) is 22.8 Å². The number of benzene rings is 1. The number of carbonyl (C=O) groups excluding carboxylic acids is 1. The van der Waals surface area contributed by atoms with Crippen molar-refractivity contribution in [2.45, 2.75) is 38.9 Å². The highest BCUT2D eigenvalue weighted by Crippen LogP contribution is 2.16. The predicted octanol–water partition coefficient (Wildman–Crippen LogP) is 0.834. The molecule has 2 unspecified atom stereocenters. The van der Waals surface area contributed by atoms with Gasteiger partial charge in [0.15, 0.2) is 0 Å². The number of carbonyl (C=O) groups is 1. The number of fused-ring (bicyclic) bond motifs is 1. The van der Waals surface area contributed by atoms with E-state index < -0.39 is 0 Å². The molecule has 1 aromatic rings. The minimum atomic E-state index is -0.178. The summed E-state index contributed by atoms with van der Waals surface area (Å²) in [6.07, 6.45) is 0.724. The van der Waals surface area contributed by atoms with Gasteiger partial charge in [-0.2, -0.15) is 0 Å². The van der Waals surface area contributed by atoms with Gasteiger partial charge in [0.05, 0.1) is 6.04 Å². The van der Waals surface area contributed by atoms with E-state index in [4.69, 9.17) is 5.11 Å². The first-order valence-electron chi connectivity index (χ1n) is 6.83. The van der Waals surface area contributed by atoms with Crippen molar-refractivity contribution in [3.8, 4) is 0 Å². The molecule has 0 aromatic heterocycles. The topological polar surface area (TPSA) is 61.4 Å². The van der Waals surface area contributed by atoms with Crippen molar-refractivity contribution in [1.82, 2.24) is 10.6 Å². The third-order valence-electron chi connectivity index (χ3n) is 3.91. The number of hydrogen-bond donors (Lipinski definition) is 3. The molecule has 0 saturated heterocycles. The molecule has 1 aliphatic heterocycles. The average Bonchev–Trinajstić information content (AvgIpc) is 2.45. The molecule has 4 heteroatoms. The van der Waals surface area contributed by atoms with Crippen LogP contribution in [0, 0.1) is 5.92 Å². The van der Waals surface area contributed by atoms with Crippen molar-refractivity contribution < 1.29 is 9.90 Å². The summed E-state index contributed by atoms with van der Waals surface area (Å²) < 4.78 is 0. The van der Waals surface area contributed by atoms with Gasteiger partial charge in [-0.05, 0) is 30.4 Å². The highest BCUT2D eigenvalue weighted by atomic mass is 16.3. The Labute approximate surface area is 114 Å². The molecule has 1 amide bonds. The molecule has 4 nitrogen and oxygen atoms in total. The Morgan fingerprint density at radius 1 is 1.42 bits per heavy atom. The Hall–Kier alpha value is -1.39. The number of rotatable bonds is 4. The van der Waals surface area contributed by atoms with Gasteiger partial charge in [0.1, 0.15) is 0 Å². The monoisotopic (exact) mass is 262 g/mol. The van der Waals surface area contributed by atoms with E-state index >= 15 is 0 Å². The first-order chi connectivity index (χ1) is 9.11. The summed E-state index contributed by atoms with van der Waals surface area (Å²) in [7, 11) is 0. The minimum absolute atomic E-state index is 0.0160. The van der Waals surface area contributed by atoms with Crippen LogP contribution in [-0.4, -0.2) is 29.7 Å². The zero-order valence-corrected chi connectivity index (χ0v) is 11.5. The van der Waals surface area contributed by atoms with Crippen LogP contribution >= 0.6 is 0 Å². The van der Waals surface area contributed by atoms with Crippen molar-refractivity contribution >= 4 is 5.91 Å². The number of aliphatic hydroxyl groups is 1. The van der Waals surface area contributed by atoms with E-state index in [1.54, 1.807) is 0 Å². The maximum absolute atomic E-state index is 12.2. The molecule has 0 aliphatic carbocycles. The maximum atomic E-state index is 12.2. The molecule has 1 heterocycles. The average molecular weight is 262 g/mol. The summed E-state index contributed by atoms with van der Waals surface area (Å²) >= 11 is 0. The van der Waals surface area contributed by atoms with Gasteiger partial charge in [-0.15, -0.1) is 0 Å². The van der Waals surface area contributed by atoms with Crippen LogP contribution in [0.1, 0.15) is 25.0 Å². The second-order valence-corrected chi connectivity index (χ2v) is 5.36. The standard InChI is InChI=1S/C15H22N2O2/c1-10(9-18)11(2)17-15(19)14-7-12-5-3-4-6-13(12)8-16-14/h3-6,10-11,14,16,18H,7-9H2,1-2H3,(H,17,19)/t10?,11?,14-/m1/s1. The van der Waals surface area contributed by atoms with Gasteiger partial charge < -0.3 is 15.7 Å². The van der Waals surface area contributed by atoms with Crippen LogP contribution in [0.5, 0.6) is 0 Å². The maximum Gasteiger partial charge on any atom is 0.237 e. The molecule has 1 aliphatic rings. The Bertz CT molecular complexity index is 448. The Kier molecular flexibility index (Phi) is 4.56. The molecular formula is C15H22N2O2. The van der Waals surface area contributed by atoms with E-state index in [-0.39, 0.29) is 30.5 Å². The lowest BCUT2D eigenvalue weighted by molar-refractivity contribution is -0.124. The first kappa shape index (κ1) is 14.0. The second-order valence-electron chi connectivity index (χ2n) is 5.36. The highest BCUT2D eigenvalue weighted by molar-refractivity contribution is 5.82. The zero-order chi connectivity index (χ0) is 13.8. The Balaban J connectivity index is 1.95. The quantitative estimate of drug-likeness (QED) is 0.753. The lowest BCUT2D eigenvalue weighted by atomic mass is 9.95. The summed E-state index contributed by atoms with van der Waals surface area (Å²) in [4.78, 5) is 12.2. The highest BCUT2D eigenvalue weighted by Gasteiger charge is 2.25. The van der Waals surface area contributed by atoms with Crippen molar-refractivity contribution in [3.05, 3.63) is 35.4 Å². The summed E-state index contributed by atoms with van der Waals surface area (Å²) in [5.41, 5.74) is 2.51.